The number of fused-ring (bicyclic) bond motifs is 9. The molecule has 2 aromatic rings. The highest BCUT2D eigenvalue weighted by Crippen LogP contribution is 2.58. The number of rotatable bonds is 9. The first kappa shape index (κ1) is 29.0. The molecule has 2 aromatic carbocycles. The van der Waals surface area contributed by atoms with E-state index in [1.54, 1.807) is 20.3 Å². The molecule has 43 heavy (non-hydrogen) atoms. The summed E-state index contributed by atoms with van der Waals surface area (Å²) < 4.78 is 35.7. The number of piperazine rings is 1. The van der Waals surface area contributed by atoms with Crippen LogP contribution in [0.15, 0.2) is 23.8 Å². The summed E-state index contributed by atoms with van der Waals surface area (Å²) in [7, 11) is 5.31. The van der Waals surface area contributed by atoms with Gasteiger partial charge >= 0.3 is 0 Å². The maximum Gasteiger partial charge on any atom is 0.231 e. The highest BCUT2D eigenvalue weighted by atomic mass is 16.7. The monoisotopic (exact) mass is 588 g/mol. The fourth-order valence-corrected chi connectivity index (χ4v) is 7.70. The average molecular weight is 589 g/mol. The number of hydrogen-bond acceptors (Lipinski definition) is 10. The van der Waals surface area contributed by atoms with Crippen LogP contribution in [-0.4, -0.2) is 75.9 Å². The lowest BCUT2D eigenvalue weighted by Crippen LogP contribution is -2.68. The molecule has 0 amide bonds. The Balaban J connectivity index is 1.62. The zero-order valence-electron chi connectivity index (χ0n) is 25.1. The molecule has 0 aliphatic carbocycles. The molecule has 5 atom stereocenters. The van der Waals surface area contributed by atoms with Crippen LogP contribution >= 0.6 is 0 Å². The van der Waals surface area contributed by atoms with Gasteiger partial charge in [-0.05, 0) is 50.4 Å². The minimum atomic E-state index is -0.492. The van der Waals surface area contributed by atoms with Crippen LogP contribution in [-0.2, 0) is 17.6 Å². The standard InChI is InChI=1S/C31H36N6O6/c1-7-8-40-28-17(3)29-31(43-15-42-29)25-19(28)11-21-26-24-18(9-16(2)27(39-6)30(24)41-14-38-5)10-20(36(26)4)22(12-32)37(21)23(25)13-34-35-33/h7,9,20-23,26H,1,8,10-11,13-15H2,2-6H3/t20-,21-,22-,23-,26+/m0/s1. The second kappa shape index (κ2) is 11.5. The summed E-state index contributed by atoms with van der Waals surface area (Å²) in [6, 6.07) is 3.33. The van der Waals surface area contributed by atoms with Crippen molar-refractivity contribution in [2.75, 3.05) is 48.0 Å². The SMILES string of the molecule is C=CCOc1c(C)c2c(c3c1C[C@H]1[C@@H]4c5c(cc(C)c(OC)c5OCOC)C[C@@H]([C@H](C#N)N1[C@H]3CN=[N+]=[N-])N4C)OCO2. The molecule has 1 fully saturated rings. The van der Waals surface area contributed by atoms with Gasteiger partial charge in [0.05, 0.1) is 19.2 Å². The van der Waals surface area contributed by atoms with Crippen LogP contribution in [0.5, 0.6) is 28.7 Å². The quantitative estimate of drug-likeness (QED) is 0.135. The number of methoxy groups -OCH3 is 2. The van der Waals surface area contributed by atoms with Crippen molar-refractivity contribution in [2.24, 2.45) is 5.11 Å². The lowest BCUT2D eigenvalue weighted by molar-refractivity contribution is -0.0719. The van der Waals surface area contributed by atoms with Gasteiger partial charge in [-0.3, -0.25) is 9.80 Å². The summed E-state index contributed by atoms with van der Waals surface area (Å²) in [4.78, 5) is 7.65. The third kappa shape index (κ3) is 4.34. The smallest absolute Gasteiger partial charge is 0.231 e. The third-order valence-corrected chi connectivity index (χ3v) is 9.23. The highest BCUT2D eigenvalue weighted by molar-refractivity contribution is 5.66. The molecule has 226 valence electrons. The van der Waals surface area contributed by atoms with Gasteiger partial charge in [0, 0.05) is 58.9 Å². The van der Waals surface area contributed by atoms with Crippen molar-refractivity contribution < 1.29 is 28.4 Å². The molecule has 4 aliphatic heterocycles. The maximum atomic E-state index is 10.7. The van der Waals surface area contributed by atoms with Gasteiger partial charge in [0.1, 0.15) is 18.4 Å². The Labute approximate surface area is 250 Å². The molecule has 0 saturated carbocycles. The van der Waals surface area contributed by atoms with Gasteiger partial charge in [0.15, 0.2) is 29.8 Å². The van der Waals surface area contributed by atoms with Crippen molar-refractivity contribution in [3.63, 3.8) is 0 Å². The number of hydrogen-bond donors (Lipinski definition) is 0. The summed E-state index contributed by atoms with van der Waals surface area (Å²) >= 11 is 0. The zero-order chi connectivity index (χ0) is 30.4. The molecule has 12 nitrogen and oxygen atoms in total. The Morgan fingerprint density at radius 1 is 1.14 bits per heavy atom. The van der Waals surface area contributed by atoms with Crippen molar-refractivity contribution in [3.8, 4) is 34.8 Å². The van der Waals surface area contributed by atoms with Crippen molar-refractivity contribution in [2.45, 2.75) is 56.9 Å². The fraction of sp³-hybridized carbons (Fsp3) is 0.516. The largest absolute Gasteiger partial charge is 0.493 e. The topological polar surface area (TPSA) is 134 Å². The van der Waals surface area contributed by atoms with Gasteiger partial charge in [0.2, 0.25) is 6.79 Å². The Hall–Kier alpha value is -4.14. The van der Waals surface area contributed by atoms with E-state index in [1.165, 1.54) is 0 Å². The molecule has 12 heteroatoms. The van der Waals surface area contributed by atoms with E-state index in [4.69, 9.17) is 28.4 Å². The van der Waals surface area contributed by atoms with Gasteiger partial charge in [-0.2, -0.15) is 5.26 Å². The van der Waals surface area contributed by atoms with Crippen molar-refractivity contribution in [3.05, 3.63) is 62.5 Å². The highest BCUT2D eigenvalue weighted by Gasteiger charge is 2.56. The molecule has 0 aromatic heterocycles. The first-order valence-electron chi connectivity index (χ1n) is 14.3. The molecule has 4 heterocycles. The van der Waals surface area contributed by atoms with Gasteiger partial charge in [0.25, 0.3) is 0 Å². The van der Waals surface area contributed by atoms with Crippen LogP contribution in [0, 0.1) is 25.2 Å². The van der Waals surface area contributed by atoms with E-state index in [0.29, 0.717) is 48.2 Å². The Kier molecular flexibility index (Phi) is 7.75. The van der Waals surface area contributed by atoms with Gasteiger partial charge in [-0.25, -0.2) is 0 Å². The number of nitriles is 1. The zero-order valence-corrected chi connectivity index (χ0v) is 25.1. The molecule has 0 N–H and O–H groups in total. The van der Waals surface area contributed by atoms with Crippen molar-refractivity contribution in [1.82, 2.24) is 9.80 Å². The average Bonchev–Trinajstić information content (AvgIpc) is 3.49. The van der Waals surface area contributed by atoms with Crippen LogP contribution in [0.3, 0.4) is 0 Å². The minimum Gasteiger partial charge on any atom is -0.493 e. The molecule has 0 unspecified atom stereocenters. The van der Waals surface area contributed by atoms with E-state index in [0.717, 1.165) is 33.4 Å². The predicted molar refractivity (Wildman–Crippen MR) is 157 cm³/mol. The number of benzene rings is 2. The van der Waals surface area contributed by atoms with Gasteiger partial charge in [-0.1, -0.05) is 23.8 Å². The molecular formula is C31H36N6O6. The van der Waals surface area contributed by atoms with E-state index >= 15 is 0 Å². The lowest BCUT2D eigenvalue weighted by Gasteiger charge is -2.60. The fourth-order valence-electron chi connectivity index (χ4n) is 7.70. The van der Waals surface area contributed by atoms with Crippen molar-refractivity contribution in [1.29, 1.82) is 5.26 Å². The van der Waals surface area contributed by atoms with Crippen LogP contribution < -0.4 is 23.7 Å². The van der Waals surface area contributed by atoms with Gasteiger partial charge in [-0.15, -0.1) is 0 Å². The lowest BCUT2D eigenvalue weighted by atomic mass is 9.71. The van der Waals surface area contributed by atoms with Crippen LogP contribution in [0.25, 0.3) is 10.4 Å². The summed E-state index contributed by atoms with van der Waals surface area (Å²) in [5.74, 6) is 3.25. The number of likely N-dealkylation sites (N-methyl/N-ethyl adjacent to an activating group) is 1. The Morgan fingerprint density at radius 3 is 2.63 bits per heavy atom. The molecular weight excluding hydrogens is 552 g/mol. The molecule has 1 saturated heterocycles. The second-order valence-electron chi connectivity index (χ2n) is 11.3. The first-order chi connectivity index (χ1) is 20.9. The van der Waals surface area contributed by atoms with E-state index in [2.05, 4.69) is 45.6 Å². The van der Waals surface area contributed by atoms with E-state index in [-0.39, 0.29) is 38.3 Å². The van der Waals surface area contributed by atoms with Gasteiger partial charge < -0.3 is 28.4 Å². The minimum absolute atomic E-state index is 0.0614. The summed E-state index contributed by atoms with van der Waals surface area (Å²) in [5, 5.41) is 14.8. The summed E-state index contributed by atoms with van der Waals surface area (Å²) in [6.45, 7) is 8.36. The number of azide groups is 1. The number of ether oxygens (including phenoxy) is 6. The molecule has 4 aliphatic rings. The van der Waals surface area contributed by atoms with Crippen LogP contribution in [0.2, 0.25) is 0 Å². The number of aryl methyl sites for hydroxylation is 1. The normalized spacial score (nSPS) is 25.0. The summed E-state index contributed by atoms with van der Waals surface area (Å²) in [5.41, 5.74) is 15.2. The number of nitrogens with zero attached hydrogens (tertiary/aromatic N) is 6. The van der Waals surface area contributed by atoms with E-state index < -0.39 is 12.1 Å². The maximum absolute atomic E-state index is 10.7. The van der Waals surface area contributed by atoms with E-state index in [1.807, 2.05) is 13.8 Å². The van der Waals surface area contributed by atoms with Crippen molar-refractivity contribution >= 4 is 0 Å². The van der Waals surface area contributed by atoms with E-state index in [9.17, 15) is 10.8 Å². The first-order valence-corrected chi connectivity index (χ1v) is 14.3. The second-order valence-corrected chi connectivity index (χ2v) is 11.3. The Bertz CT molecular complexity index is 1550. The third-order valence-electron chi connectivity index (χ3n) is 9.23. The molecule has 6 rings (SSSR count). The molecule has 2 bridgehead atoms. The van der Waals surface area contributed by atoms with Crippen LogP contribution in [0.4, 0.5) is 0 Å². The molecule has 0 radical (unpaired) electrons. The predicted octanol–water partition coefficient (Wildman–Crippen LogP) is 4.67. The summed E-state index contributed by atoms with van der Waals surface area (Å²) in [6.07, 6.45) is 2.89. The Morgan fingerprint density at radius 2 is 1.93 bits per heavy atom. The molecule has 0 spiro atoms. The van der Waals surface area contributed by atoms with Crippen LogP contribution in [0.1, 0.15) is 45.5 Å².